The fourth-order valence-corrected chi connectivity index (χ4v) is 1.22. The predicted octanol–water partition coefficient (Wildman–Crippen LogP) is 1.58. The molecule has 0 heterocycles. The van der Waals surface area contributed by atoms with Crippen LogP contribution >= 0.6 is 15.9 Å². The van der Waals surface area contributed by atoms with Gasteiger partial charge in [-0.15, -0.1) is 0 Å². The highest BCUT2D eigenvalue weighted by molar-refractivity contribution is 9.09. The number of aldehydes is 1. The van der Waals surface area contributed by atoms with Gasteiger partial charge in [0.2, 0.25) is 0 Å². The maximum atomic E-state index is 11.3. The zero-order valence-electron chi connectivity index (χ0n) is 6.79. The molecule has 0 aromatic heterocycles. The van der Waals surface area contributed by atoms with Crippen molar-refractivity contribution in [1.82, 2.24) is 5.32 Å². The van der Waals surface area contributed by atoms with Crippen molar-refractivity contribution >= 4 is 28.1 Å². The van der Waals surface area contributed by atoms with E-state index in [9.17, 15) is 9.59 Å². The minimum Gasteiger partial charge on any atom is -0.342 e. The summed E-state index contributed by atoms with van der Waals surface area (Å²) in [5, 5.41) is 2.56. The van der Waals surface area contributed by atoms with E-state index in [1.54, 1.807) is 24.3 Å². The summed E-state index contributed by atoms with van der Waals surface area (Å²) < 4.78 is 0. The Morgan fingerprint density at radius 3 is 2.77 bits per heavy atom. The van der Waals surface area contributed by atoms with Gasteiger partial charge in [0, 0.05) is 11.1 Å². The molecule has 0 aliphatic rings. The summed E-state index contributed by atoms with van der Waals surface area (Å²) >= 11 is 3.07. The van der Waals surface area contributed by atoms with Gasteiger partial charge in [0.15, 0.2) is 6.29 Å². The summed E-state index contributed by atoms with van der Waals surface area (Å²) in [6.07, 6.45) is 0.670. The molecular weight excluding hydrogens is 234 g/mol. The lowest BCUT2D eigenvalue weighted by Crippen LogP contribution is -2.22. The Labute approximate surface area is 84.3 Å². The Bertz CT molecular complexity index is 325. The molecule has 3 nitrogen and oxygen atoms in total. The summed E-state index contributed by atoms with van der Waals surface area (Å²) in [6.45, 7) is 0. The number of carbonyl (C=O) groups is 2. The lowest BCUT2D eigenvalue weighted by atomic mass is 10.1. The van der Waals surface area contributed by atoms with Gasteiger partial charge in [-0.05, 0) is 6.07 Å². The Morgan fingerprint density at radius 2 is 2.15 bits per heavy atom. The monoisotopic (exact) mass is 241 g/mol. The van der Waals surface area contributed by atoms with Crippen LogP contribution in [0.5, 0.6) is 0 Å². The van der Waals surface area contributed by atoms with Crippen LogP contribution in [0.2, 0.25) is 0 Å². The summed E-state index contributed by atoms with van der Waals surface area (Å²) in [6, 6.07) is 6.66. The second-order valence-electron chi connectivity index (χ2n) is 2.34. The molecule has 1 aromatic carbocycles. The van der Waals surface area contributed by atoms with Gasteiger partial charge in [-0.25, -0.2) is 0 Å². The average Bonchev–Trinajstić information content (AvgIpc) is 2.18. The molecule has 0 aliphatic carbocycles. The van der Waals surface area contributed by atoms with Crippen molar-refractivity contribution in [2.24, 2.45) is 0 Å². The van der Waals surface area contributed by atoms with Gasteiger partial charge in [0.25, 0.3) is 5.91 Å². The first-order valence-corrected chi connectivity index (χ1v) is 4.80. The number of rotatable bonds is 3. The molecule has 0 unspecified atom stereocenters. The second-order valence-corrected chi connectivity index (χ2v) is 2.91. The van der Waals surface area contributed by atoms with Crippen molar-refractivity contribution in [3.8, 4) is 0 Å². The zero-order chi connectivity index (χ0) is 9.68. The summed E-state index contributed by atoms with van der Waals surface area (Å²) in [7, 11) is 0. The number of amides is 1. The summed E-state index contributed by atoms with van der Waals surface area (Å²) in [5.41, 5.74) is 1.18. The standard InChI is InChI=1S/C9H8BrNO2/c10-6-11-9(13)8-4-2-1-3-7(8)5-12/h1-5H,6H2,(H,11,13). The molecule has 1 N–H and O–H groups in total. The first-order valence-electron chi connectivity index (χ1n) is 3.68. The van der Waals surface area contributed by atoms with E-state index in [-0.39, 0.29) is 5.91 Å². The molecule has 1 aromatic rings. The Balaban J connectivity index is 2.98. The second kappa shape index (κ2) is 4.77. The molecule has 1 amide bonds. The van der Waals surface area contributed by atoms with Gasteiger partial charge >= 0.3 is 0 Å². The SMILES string of the molecule is O=Cc1ccccc1C(=O)NCBr. The van der Waals surface area contributed by atoms with Gasteiger partial charge in [-0.3, -0.25) is 9.59 Å². The van der Waals surface area contributed by atoms with E-state index in [1.807, 2.05) is 0 Å². The fraction of sp³-hybridized carbons (Fsp3) is 0.111. The molecule has 0 radical (unpaired) electrons. The van der Waals surface area contributed by atoms with Crippen LogP contribution in [0.15, 0.2) is 24.3 Å². The van der Waals surface area contributed by atoms with Crippen LogP contribution < -0.4 is 5.32 Å². The maximum Gasteiger partial charge on any atom is 0.252 e. The number of nitrogens with one attached hydrogen (secondary N) is 1. The van der Waals surface area contributed by atoms with Gasteiger partial charge in [0.05, 0.1) is 5.45 Å². The molecule has 0 spiro atoms. The third-order valence-electron chi connectivity index (χ3n) is 1.56. The topological polar surface area (TPSA) is 46.2 Å². The van der Waals surface area contributed by atoms with E-state index in [0.29, 0.717) is 22.9 Å². The highest BCUT2D eigenvalue weighted by Crippen LogP contribution is 2.05. The number of hydrogen-bond acceptors (Lipinski definition) is 2. The molecule has 0 fully saturated rings. The lowest BCUT2D eigenvalue weighted by molar-refractivity contribution is 0.0955. The molecule has 68 valence electrons. The van der Waals surface area contributed by atoms with E-state index in [2.05, 4.69) is 21.2 Å². The smallest absolute Gasteiger partial charge is 0.252 e. The molecule has 0 saturated heterocycles. The third kappa shape index (κ3) is 2.39. The van der Waals surface area contributed by atoms with Gasteiger partial charge in [0.1, 0.15) is 0 Å². The Hall–Kier alpha value is -1.16. The predicted molar refractivity (Wildman–Crippen MR) is 53.1 cm³/mol. The number of alkyl halides is 1. The number of hydrogen-bond donors (Lipinski definition) is 1. The van der Waals surface area contributed by atoms with Crippen LogP contribution in [0.3, 0.4) is 0 Å². The molecule has 0 bridgehead atoms. The number of halogens is 1. The van der Waals surface area contributed by atoms with E-state index >= 15 is 0 Å². The fourth-order valence-electron chi connectivity index (χ4n) is 0.962. The van der Waals surface area contributed by atoms with Crippen molar-refractivity contribution in [2.45, 2.75) is 0 Å². The van der Waals surface area contributed by atoms with Crippen molar-refractivity contribution in [3.05, 3.63) is 35.4 Å². The van der Waals surface area contributed by atoms with Gasteiger partial charge in [-0.1, -0.05) is 34.1 Å². The van der Waals surface area contributed by atoms with E-state index in [4.69, 9.17) is 0 Å². The molecule has 1 rings (SSSR count). The normalized spacial score (nSPS) is 9.31. The third-order valence-corrected chi connectivity index (χ3v) is 1.84. The summed E-state index contributed by atoms with van der Waals surface area (Å²) in [5.74, 6) is -0.250. The first-order chi connectivity index (χ1) is 6.29. The Morgan fingerprint density at radius 1 is 1.46 bits per heavy atom. The average molecular weight is 242 g/mol. The quantitative estimate of drug-likeness (QED) is 0.497. The van der Waals surface area contributed by atoms with Crippen molar-refractivity contribution in [2.75, 3.05) is 5.45 Å². The highest BCUT2D eigenvalue weighted by Gasteiger charge is 2.08. The van der Waals surface area contributed by atoms with Crippen LogP contribution in [0.1, 0.15) is 20.7 Å². The first kappa shape index (κ1) is 9.92. The van der Waals surface area contributed by atoms with Gasteiger partial charge < -0.3 is 5.32 Å². The number of benzene rings is 1. The minimum atomic E-state index is -0.250. The van der Waals surface area contributed by atoms with Crippen LogP contribution in [-0.2, 0) is 0 Å². The molecule has 0 saturated carbocycles. The zero-order valence-corrected chi connectivity index (χ0v) is 8.37. The minimum absolute atomic E-state index is 0.250. The van der Waals surface area contributed by atoms with Crippen LogP contribution in [0.4, 0.5) is 0 Å². The van der Waals surface area contributed by atoms with Crippen molar-refractivity contribution in [1.29, 1.82) is 0 Å². The van der Waals surface area contributed by atoms with Crippen LogP contribution in [-0.4, -0.2) is 17.6 Å². The largest absolute Gasteiger partial charge is 0.342 e. The van der Waals surface area contributed by atoms with Crippen molar-refractivity contribution < 1.29 is 9.59 Å². The van der Waals surface area contributed by atoms with E-state index in [1.165, 1.54) is 0 Å². The van der Waals surface area contributed by atoms with Crippen molar-refractivity contribution in [3.63, 3.8) is 0 Å². The summed E-state index contributed by atoms with van der Waals surface area (Å²) in [4.78, 5) is 21.9. The Kier molecular flexibility index (Phi) is 3.64. The molecule has 0 atom stereocenters. The van der Waals surface area contributed by atoms with Crippen LogP contribution in [0, 0.1) is 0 Å². The molecular formula is C9H8BrNO2. The highest BCUT2D eigenvalue weighted by atomic mass is 79.9. The van der Waals surface area contributed by atoms with Crippen LogP contribution in [0.25, 0.3) is 0 Å². The lowest BCUT2D eigenvalue weighted by Gasteiger charge is -2.02. The van der Waals surface area contributed by atoms with Gasteiger partial charge in [-0.2, -0.15) is 0 Å². The molecule has 0 aliphatic heterocycles. The molecule has 4 heteroatoms. The van der Waals surface area contributed by atoms with E-state index in [0.717, 1.165) is 0 Å². The maximum absolute atomic E-state index is 11.3. The molecule has 13 heavy (non-hydrogen) atoms. The number of carbonyl (C=O) groups excluding carboxylic acids is 2. The van der Waals surface area contributed by atoms with E-state index < -0.39 is 0 Å².